The van der Waals surface area contributed by atoms with Gasteiger partial charge in [-0.25, -0.2) is 0 Å². The molecular weight excluding hydrogens is 404 g/mol. The summed E-state index contributed by atoms with van der Waals surface area (Å²) in [5.41, 5.74) is 8.97. The Kier molecular flexibility index (Phi) is 5.36. The largest absolute Gasteiger partial charge is 0.372 e. The second-order valence-corrected chi connectivity index (χ2v) is 10.5. The first-order valence-corrected chi connectivity index (χ1v) is 11.9. The lowest BCUT2D eigenvalue weighted by Crippen LogP contribution is -2.27. The molecule has 0 saturated carbocycles. The third-order valence-corrected chi connectivity index (χ3v) is 6.97. The monoisotopic (exact) mass is 436 g/mol. The van der Waals surface area contributed by atoms with Crippen molar-refractivity contribution in [2.45, 2.75) is 57.9 Å². The molecule has 1 aliphatic heterocycles. The number of ketones is 1. The van der Waals surface area contributed by atoms with E-state index in [-0.39, 0.29) is 23.2 Å². The maximum atomic E-state index is 13.7. The first kappa shape index (κ1) is 21.5. The highest BCUT2D eigenvalue weighted by Gasteiger charge is 2.36. The second kappa shape index (κ2) is 8.22. The van der Waals surface area contributed by atoms with Gasteiger partial charge in [-0.15, -0.1) is 0 Å². The van der Waals surface area contributed by atoms with E-state index in [1.165, 1.54) is 16.7 Å². The number of hydrogen-bond donors (Lipinski definition) is 2. The molecule has 33 heavy (non-hydrogen) atoms. The first-order chi connectivity index (χ1) is 15.8. The summed E-state index contributed by atoms with van der Waals surface area (Å²) in [5.74, 6) is 0.404. The number of rotatable bonds is 2. The molecule has 3 aromatic carbocycles. The number of benzene rings is 3. The topological polar surface area (TPSA) is 41.1 Å². The Balaban J connectivity index is 1.54. The van der Waals surface area contributed by atoms with Crippen LogP contribution >= 0.6 is 0 Å². The van der Waals surface area contributed by atoms with Crippen molar-refractivity contribution < 1.29 is 4.79 Å². The van der Waals surface area contributed by atoms with Gasteiger partial charge in [0.2, 0.25) is 0 Å². The molecular formula is C30H32N2O. The first-order valence-electron chi connectivity index (χ1n) is 11.9. The lowest BCUT2D eigenvalue weighted by Gasteiger charge is -2.30. The Morgan fingerprint density at radius 1 is 0.788 bits per heavy atom. The van der Waals surface area contributed by atoms with Crippen LogP contribution < -0.4 is 10.6 Å². The van der Waals surface area contributed by atoms with Gasteiger partial charge in [-0.3, -0.25) is 4.79 Å². The summed E-state index contributed by atoms with van der Waals surface area (Å²) in [5, 5.41) is 7.30. The van der Waals surface area contributed by atoms with Crippen LogP contribution in [0, 0.1) is 6.92 Å². The molecule has 0 spiro atoms. The third kappa shape index (κ3) is 4.20. The number of carbonyl (C=O) groups excluding carboxylic acids is 1. The molecule has 0 unspecified atom stereocenters. The minimum atomic E-state index is -0.159. The second-order valence-electron chi connectivity index (χ2n) is 10.5. The Hall–Kier alpha value is -3.33. The van der Waals surface area contributed by atoms with E-state index in [0.717, 1.165) is 34.6 Å². The molecule has 3 aromatic rings. The zero-order chi connectivity index (χ0) is 23.2. The van der Waals surface area contributed by atoms with E-state index in [1.807, 2.05) is 12.1 Å². The van der Waals surface area contributed by atoms with E-state index in [2.05, 4.69) is 99.0 Å². The van der Waals surface area contributed by atoms with Gasteiger partial charge in [0.05, 0.1) is 17.4 Å². The highest BCUT2D eigenvalue weighted by molar-refractivity contribution is 6.01. The number of nitrogens with one attached hydrogen (secondary N) is 2. The van der Waals surface area contributed by atoms with Crippen molar-refractivity contribution >= 4 is 17.2 Å². The minimum Gasteiger partial charge on any atom is -0.372 e. The van der Waals surface area contributed by atoms with Gasteiger partial charge in [-0.05, 0) is 53.5 Å². The molecule has 0 bridgehead atoms. The van der Waals surface area contributed by atoms with Gasteiger partial charge in [0.25, 0.3) is 0 Å². The summed E-state index contributed by atoms with van der Waals surface area (Å²) in [7, 11) is 0. The van der Waals surface area contributed by atoms with Crippen LogP contribution in [0.15, 0.2) is 84.1 Å². The van der Waals surface area contributed by atoms with Crippen molar-refractivity contribution in [1.82, 2.24) is 0 Å². The molecule has 3 heteroatoms. The summed E-state index contributed by atoms with van der Waals surface area (Å²) in [4.78, 5) is 13.7. The molecule has 168 valence electrons. The molecule has 0 saturated heterocycles. The summed E-state index contributed by atoms with van der Waals surface area (Å²) in [6.07, 6.45) is 1.37. The number of para-hydroxylation sites is 2. The minimum absolute atomic E-state index is 0.121. The van der Waals surface area contributed by atoms with E-state index in [4.69, 9.17) is 0 Å². The highest BCUT2D eigenvalue weighted by atomic mass is 16.1. The maximum absolute atomic E-state index is 13.7. The van der Waals surface area contributed by atoms with Gasteiger partial charge in [0.15, 0.2) is 5.78 Å². The van der Waals surface area contributed by atoms with Crippen LogP contribution in [0.4, 0.5) is 11.4 Å². The number of allylic oxidation sites excluding steroid dienone is 1. The number of fused-ring (bicyclic) bond motifs is 1. The smallest absolute Gasteiger partial charge is 0.163 e. The van der Waals surface area contributed by atoms with E-state index >= 15 is 0 Å². The Bertz CT molecular complexity index is 1210. The van der Waals surface area contributed by atoms with Crippen molar-refractivity contribution in [3.05, 3.63) is 106 Å². The van der Waals surface area contributed by atoms with Crippen LogP contribution in [0.5, 0.6) is 0 Å². The molecule has 0 fully saturated rings. The normalized spacial score (nSPS) is 20.3. The number of carbonyl (C=O) groups is 1. The summed E-state index contributed by atoms with van der Waals surface area (Å²) in [6, 6.07) is 25.4. The fourth-order valence-electron chi connectivity index (χ4n) is 4.99. The molecule has 0 aromatic heterocycles. The summed E-state index contributed by atoms with van der Waals surface area (Å²) >= 11 is 0. The Morgan fingerprint density at radius 3 is 2.09 bits per heavy atom. The molecule has 1 heterocycles. The average Bonchev–Trinajstić information content (AvgIpc) is 2.96. The van der Waals surface area contributed by atoms with E-state index < -0.39 is 0 Å². The van der Waals surface area contributed by atoms with Crippen LogP contribution in [-0.2, 0) is 10.2 Å². The Labute approximate surface area is 196 Å². The van der Waals surface area contributed by atoms with Crippen LogP contribution in [-0.4, -0.2) is 5.78 Å². The van der Waals surface area contributed by atoms with Crippen molar-refractivity contribution in [3.63, 3.8) is 0 Å². The zero-order valence-corrected chi connectivity index (χ0v) is 19.9. The molecule has 0 amide bonds. The van der Waals surface area contributed by atoms with Crippen LogP contribution in [0.3, 0.4) is 0 Å². The predicted octanol–water partition coefficient (Wildman–Crippen LogP) is 7.27. The molecule has 3 nitrogen and oxygen atoms in total. The summed E-state index contributed by atoms with van der Waals surface area (Å²) in [6.45, 7) is 8.78. The standard InChI is InChI=1S/C30H32N2O/c1-19-9-11-21(12-10-19)29-28-26(31-24-7-5-6-8-25(24)32-29)17-22(18-27(28)33)20-13-15-23(16-14-20)30(2,3)4/h5-16,22,29,31-32H,17-18H2,1-4H3/t22-,29+/m1/s1. The van der Waals surface area contributed by atoms with Gasteiger partial charge in [-0.2, -0.15) is 0 Å². The van der Waals surface area contributed by atoms with E-state index in [1.54, 1.807) is 0 Å². The van der Waals surface area contributed by atoms with Crippen molar-refractivity contribution in [2.75, 3.05) is 10.6 Å². The van der Waals surface area contributed by atoms with E-state index in [0.29, 0.717) is 6.42 Å². The quantitative estimate of drug-likeness (QED) is 0.444. The molecule has 2 aliphatic rings. The zero-order valence-electron chi connectivity index (χ0n) is 19.9. The van der Waals surface area contributed by atoms with Crippen molar-refractivity contribution in [1.29, 1.82) is 0 Å². The highest BCUT2D eigenvalue weighted by Crippen LogP contribution is 2.44. The number of aryl methyl sites for hydroxylation is 1. The fourth-order valence-corrected chi connectivity index (χ4v) is 4.99. The van der Waals surface area contributed by atoms with E-state index in [9.17, 15) is 4.79 Å². The predicted molar refractivity (Wildman–Crippen MR) is 137 cm³/mol. The van der Waals surface area contributed by atoms with Crippen LogP contribution in [0.1, 0.15) is 67.8 Å². The molecule has 1 aliphatic carbocycles. The molecule has 2 atom stereocenters. The molecule has 5 rings (SSSR count). The number of anilines is 2. The SMILES string of the molecule is Cc1ccc([C@@H]2Nc3ccccc3NC3=C2C(=O)C[C@H](c2ccc(C(C)(C)C)cc2)C3)cc1. The average molecular weight is 437 g/mol. The van der Waals surface area contributed by atoms with Gasteiger partial charge < -0.3 is 10.6 Å². The van der Waals surface area contributed by atoms with Gasteiger partial charge in [-0.1, -0.05) is 87.0 Å². The number of Topliss-reactive ketones (excluding diaryl/α,β-unsaturated/α-hetero) is 1. The van der Waals surface area contributed by atoms with Crippen molar-refractivity contribution in [3.8, 4) is 0 Å². The fraction of sp³-hybridized carbons (Fsp3) is 0.300. The van der Waals surface area contributed by atoms with Crippen molar-refractivity contribution in [2.24, 2.45) is 0 Å². The number of hydrogen-bond acceptors (Lipinski definition) is 3. The van der Waals surface area contributed by atoms with Gasteiger partial charge in [0.1, 0.15) is 0 Å². The molecule has 0 radical (unpaired) electrons. The third-order valence-electron chi connectivity index (χ3n) is 6.97. The van der Waals surface area contributed by atoms with Gasteiger partial charge in [0, 0.05) is 17.7 Å². The maximum Gasteiger partial charge on any atom is 0.163 e. The lowest BCUT2D eigenvalue weighted by molar-refractivity contribution is -0.116. The van der Waals surface area contributed by atoms with Gasteiger partial charge >= 0.3 is 0 Å². The lowest BCUT2D eigenvalue weighted by atomic mass is 9.77. The van der Waals surface area contributed by atoms with Crippen LogP contribution in [0.25, 0.3) is 0 Å². The summed E-state index contributed by atoms with van der Waals surface area (Å²) < 4.78 is 0. The molecule has 2 N–H and O–H groups in total. The van der Waals surface area contributed by atoms with Crippen LogP contribution in [0.2, 0.25) is 0 Å². The Morgan fingerprint density at radius 2 is 1.42 bits per heavy atom.